The fourth-order valence-corrected chi connectivity index (χ4v) is 2.95. The molecule has 0 bridgehead atoms. The van der Waals surface area contributed by atoms with Crippen LogP contribution in [-0.2, 0) is 6.54 Å². The van der Waals surface area contributed by atoms with Crippen LogP contribution in [0.5, 0.6) is 11.5 Å². The lowest BCUT2D eigenvalue weighted by molar-refractivity contribution is 0.0558. The molecule has 1 atom stereocenters. The molecule has 0 N–H and O–H groups in total. The summed E-state index contributed by atoms with van der Waals surface area (Å²) in [5.41, 5.74) is 0.926. The third-order valence-corrected chi connectivity index (χ3v) is 4.32. The van der Waals surface area contributed by atoms with Crippen molar-refractivity contribution in [3.05, 3.63) is 60.5 Å². The molecule has 0 saturated carbocycles. The molecular weight excluding hydrogens is 330 g/mol. The molecule has 0 radical (unpaired) electrons. The van der Waals surface area contributed by atoms with E-state index in [1.165, 1.54) is 0 Å². The highest BCUT2D eigenvalue weighted by atomic mass is 16.6. The van der Waals surface area contributed by atoms with Crippen LogP contribution in [-0.4, -0.2) is 40.9 Å². The molecule has 0 fully saturated rings. The van der Waals surface area contributed by atoms with Crippen LogP contribution in [0.25, 0.3) is 11.5 Å². The van der Waals surface area contributed by atoms with Crippen molar-refractivity contribution in [2.45, 2.75) is 19.6 Å². The topological polar surface area (TPSA) is 60.6 Å². The van der Waals surface area contributed by atoms with Crippen molar-refractivity contribution in [3.63, 3.8) is 0 Å². The molecule has 0 spiro atoms. The molecule has 1 aliphatic rings. The van der Waals surface area contributed by atoms with E-state index in [0.29, 0.717) is 24.9 Å². The Kier molecular flexibility index (Phi) is 4.84. The van der Waals surface area contributed by atoms with Gasteiger partial charge in [0.25, 0.3) is 0 Å². The highest BCUT2D eigenvalue weighted by Crippen LogP contribution is 2.31. The summed E-state index contributed by atoms with van der Waals surface area (Å²) in [5.74, 6) is 2.74. The molecule has 4 rings (SSSR count). The predicted molar refractivity (Wildman–Crippen MR) is 97.0 cm³/mol. The van der Waals surface area contributed by atoms with E-state index in [4.69, 9.17) is 13.9 Å². The van der Waals surface area contributed by atoms with Gasteiger partial charge in [-0.1, -0.05) is 37.3 Å². The van der Waals surface area contributed by atoms with Gasteiger partial charge in [-0.2, -0.15) is 0 Å². The van der Waals surface area contributed by atoms with E-state index in [-0.39, 0.29) is 6.10 Å². The number of likely N-dealkylation sites (N-methyl/N-ethyl adjacent to an activating group) is 1. The highest BCUT2D eigenvalue weighted by molar-refractivity contribution is 5.51. The molecule has 0 amide bonds. The third-order valence-electron chi connectivity index (χ3n) is 4.32. The van der Waals surface area contributed by atoms with Gasteiger partial charge in [0, 0.05) is 12.1 Å². The van der Waals surface area contributed by atoms with Crippen molar-refractivity contribution < 1.29 is 13.9 Å². The van der Waals surface area contributed by atoms with Crippen LogP contribution < -0.4 is 9.47 Å². The number of aromatic nitrogens is 2. The maximum absolute atomic E-state index is 6.04. The lowest BCUT2D eigenvalue weighted by Gasteiger charge is -2.30. The predicted octanol–water partition coefficient (Wildman–Crippen LogP) is 3.40. The minimum absolute atomic E-state index is 0.0265. The average molecular weight is 351 g/mol. The van der Waals surface area contributed by atoms with Crippen LogP contribution in [0.15, 0.2) is 59.0 Å². The quantitative estimate of drug-likeness (QED) is 0.678. The first-order valence-electron chi connectivity index (χ1n) is 8.80. The SMILES string of the molecule is CCN(Cc1nnc(-c2ccccc2)o1)CC1COc2ccccc2O1. The van der Waals surface area contributed by atoms with Gasteiger partial charge in [-0.05, 0) is 30.8 Å². The summed E-state index contributed by atoms with van der Waals surface area (Å²) in [4.78, 5) is 2.21. The molecule has 26 heavy (non-hydrogen) atoms. The van der Waals surface area contributed by atoms with E-state index in [1.807, 2.05) is 54.6 Å². The third kappa shape index (κ3) is 3.70. The number of rotatable bonds is 6. The van der Waals surface area contributed by atoms with Gasteiger partial charge < -0.3 is 13.9 Å². The average Bonchev–Trinajstić information content (AvgIpc) is 3.16. The second kappa shape index (κ2) is 7.58. The second-order valence-electron chi connectivity index (χ2n) is 6.19. The molecule has 2 aromatic carbocycles. The van der Waals surface area contributed by atoms with Crippen molar-refractivity contribution in [2.75, 3.05) is 19.7 Å². The number of hydrogen-bond acceptors (Lipinski definition) is 6. The lowest BCUT2D eigenvalue weighted by Crippen LogP contribution is -2.40. The molecule has 6 heteroatoms. The molecule has 0 saturated heterocycles. The van der Waals surface area contributed by atoms with Gasteiger partial charge in [0.15, 0.2) is 11.5 Å². The number of fused-ring (bicyclic) bond motifs is 1. The molecule has 2 heterocycles. The number of nitrogens with zero attached hydrogens (tertiary/aromatic N) is 3. The Hall–Kier alpha value is -2.86. The van der Waals surface area contributed by atoms with Crippen molar-refractivity contribution >= 4 is 0 Å². The highest BCUT2D eigenvalue weighted by Gasteiger charge is 2.23. The van der Waals surface area contributed by atoms with Crippen LogP contribution in [0.1, 0.15) is 12.8 Å². The zero-order valence-electron chi connectivity index (χ0n) is 14.7. The van der Waals surface area contributed by atoms with E-state index < -0.39 is 0 Å². The largest absolute Gasteiger partial charge is 0.486 e. The Balaban J connectivity index is 1.39. The minimum atomic E-state index is -0.0265. The summed E-state index contributed by atoms with van der Waals surface area (Å²) in [5, 5.41) is 8.33. The Morgan fingerprint density at radius 3 is 2.58 bits per heavy atom. The zero-order chi connectivity index (χ0) is 17.8. The van der Waals surface area contributed by atoms with Crippen molar-refractivity contribution in [3.8, 4) is 23.0 Å². The molecule has 3 aromatic rings. The lowest BCUT2D eigenvalue weighted by atomic mass is 10.2. The number of ether oxygens (including phenoxy) is 2. The van der Waals surface area contributed by atoms with Crippen molar-refractivity contribution in [1.82, 2.24) is 15.1 Å². The van der Waals surface area contributed by atoms with E-state index >= 15 is 0 Å². The fraction of sp³-hybridized carbons (Fsp3) is 0.300. The van der Waals surface area contributed by atoms with Crippen LogP contribution in [0, 0.1) is 0 Å². The maximum atomic E-state index is 6.04. The van der Waals surface area contributed by atoms with Gasteiger partial charge >= 0.3 is 0 Å². The van der Waals surface area contributed by atoms with Crippen molar-refractivity contribution in [1.29, 1.82) is 0 Å². The summed E-state index contributed by atoms with van der Waals surface area (Å²) in [6, 6.07) is 17.5. The number of hydrogen-bond donors (Lipinski definition) is 0. The fourth-order valence-electron chi connectivity index (χ4n) is 2.95. The summed E-state index contributed by atoms with van der Waals surface area (Å²) >= 11 is 0. The van der Waals surface area contributed by atoms with Crippen molar-refractivity contribution in [2.24, 2.45) is 0 Å². The molecule has 6 nitrogen and oxygen atoms in total. The van der Waals surface area contributed by atoms with E-state index in [1.54, 1.807) is 0 Å². The number of para-hydroxylation sites is 2. The molecule has 0 aliphatic carbocycles. The van der Waals surface area contributed by atoms with Crippen LogP contribution in [0.3, 0.4) is 0 Å². The normalized spacial score (nSPS) is 16.0. The first-order chi connectivity index (χ1) is 12.8. The first-order valence-corrected chi connectivity index (χ1v) is 8.80. The van der Waals surface area contributed by atoms with Gasteiger partial charge in [0.05, 0.1) is 6.54 Å². The maximum Gasteiger partial charge on any atom is 0.247 e. The Morgan fingerprint density at radius 1 is 1.00 bits per heavy atom. The second-order valence-corrected chi connectivity index (χ2v) is 6.19. The zero-order valence-corrected chi connectivity index (χ0v) is 14.7. The Labute approximate surface area is 152 Å². The van der Waals surface area contributed by atoms with Crippen LogP contribution >= 0.6 is 0 Å². The summed E-state index contributed by atoms with van der Waals surface area (Å²) in [7, 11) is 0. The molecule has 1 unspecified atom stereocenters. The summed E-state index contributed by atoms with van der Waals surface area (Å²) < 4.78 is 17.6. The van der Waals surface area contributed by atoms with Crippen LogP contribution in [0.4, 0.5) is 0 Å². The summed E-state index contributed by atoms with van der Waals surface area (Å²) in [6.07, 6.45) is -0.0265. The monoisotopic (exact) mass is 351 g/mol. The van der Waals surface area contributed by atoms with Gasteiger partial charge in [-0.3, -0.25) is 4.90 Å². The summed E-state index contributed by atoms with van der Waals surface area (Å²) in [6.45, 7) is 4.80. The van der Waals surface area contributed by atoms with Gasteiger partial charge in [-0.25, -0.2) is 0 Å². The Morgan fingerprint density at radius 2 is 1.77 bits per heavy atom. The molecule has 134 valence electrons. The van der Waals surface area contributed by atoms with Gasteiger partial charge in [0.2, 0.25) is 11.8 Å². The van der Waals surface area contributed by atoms with Crippen LogP contribution in [0.2, 0.25) is 0 Å². The first kappa shape index (κ1) is 16.6. The van der Waals surface area contributed by atoms with Gasteiger partial charge in [-0.15, -0.1) is 10.2 Å². The van der Waals surface area contributed by atoms with E-state index in [0.717, 1.165) is 30.2 Å². The van der Waals surface area contributed by atoms with E-state index in [2.05, 4.69) is 22.0 Å². The standard InChI is InChI=1S/C20H21N3O3/c1-2-23(12-16-14-24-17-10-6-7-11-18(17)25-16)13-19-21-22-20(26-19)15-8-4-3-5-9-15/h3-11,16H,2,12-14H2,1H3. The molecule has 1 aromatic heterocycles. The van der Waals surface area contributed by atoms with E-state index in [9.17, 15) is 0 Å². The Bertz CT molecular complexity index is 850. The molecular formula is C20H21N3O3. The minimum Gasteiger partial charge on any atom is -0.486 e. The smallest absolute Gasteiger partial charge is 0.247 e. The van der Waals surface area contributed by atoms with Gasteiger partial charge in [0.1, 0.15) is 12.7 Å². The number of benzene rings is 2. The molecule has 1 aliphatic heterocycles.